The lowest BCUT2D eigenvalue weighted by Gasteiger charge is -2.27. The first-order valence-corrected chi connectivity index (χ1v) is 8.12. The van der Waals surface area contributed by atoms with Gasteiger partial charge in [0.1, 0.15) is 5.54 Å². The van der Waals surface area contributed by atoms with Crippen molar-refractivity contribution in [2.45, 2.75) is 51.6 Å². The Balaban J connectivity index is 1.93. The highest BCUT2D eigenvalue weighted by Crippen LogP contribution is 2.19. The van der Waals surface area contributed by atoms with Crippen LogP contribution in [0.4, 0.5) is 0 Å². The zero-order valence-corrected chi connectivity index (χ0v) is 13.4. The Hall–Kier alpha value is -1.37. The zero-order valence-electron chi connectivity index (χ0n) is 13.4. The Morgan fingerprint density at radius 3 is 2.81 bits per heavy atom. The molecule has 1 aromatic carbocycles. The standard InChI is InChI=1S/C18H27N3/c1-3-11-20-18(2,15-19)10-13-21-12-6-9-16-7-4-5-8-17(16)14-21/h4-5,7-8,20H,3,6,9-14H2,1-2H3. The molecular formula is C18H27N3. The molecule has 0 amide bonds. The van der Waals surface area contributed by atoms with Crippen LogP contribution in [0.3, 0.4) is 0 Å². The number of aryl methyl sites for hydroxylation is 1. The Morgan fingerprint density at radius 2 is 2.10 bits per heavy atom. The molecule has 3 heteroatoms. The lowest BCUT2D eigenvalue weighted by molar-refractivity contribution is 0.240. The van der Waals surface area contributed by atoms with Gasteiger partial charge < -0.3 is 0 Å². The highest BCUT2D eigenvalue weighted by Gasteiger charge is 2.24. The second-order valence-electron chi connectivity index (χ2n) is 6.27. The summed E-state index contributed by atoms with van der Waals surface area (Å²) in [5.41, 5.74) is 2.55. The molecule has 0 bridgehead atoms. The van der Waals surface area contributed by atoms with Gasteiger partial charge in [0.2, 0.25) is 0 Å². The molecule has 1 aliphatic rings. The van der Waals surface area contributed by atoms with Crippen LogP contribution >= 0.6 is 0 Å². The molecule has 1 atom stereocenters. The van der Waals surface area contributed by atoms with Crippen molar-refractivity contribution in [3.63, 3.8) is 0 Å². The van der Waals surface area contributed by atoms with Crippen molar-refractivity contribution in [2.24, 2.45) is 0 Å². The fraction of sp³-hybridized carbons (Fsp3) is 0.611. The van der Waals surface area contributed by atoms with E-state index in [0.29, 0.717) is 0 Å². The summed E-state index contributed by atoms with van der Waals surface area (Å²) >= 11 is 0. The van der Waals surface area contributed by atoms with Crippen LogP contribution in [-0.2, 0) is 13.0 Å². The number of hydrogen-bond donors (Lipinski definition) is 1. The number of rotatable bonds is 6. The van der Waals surface area contributed by atoms with Gasteiger partial charge in [0.15, 0.2) is 0 Å². The Morgan fingerprint density at radius 1 is 1.33 bits per heavy atom. The first-order valence-electron chi connectivity index (χ1n) is 8.12. The predicted octanol–water partition coefficient (Wildman–Crippen LogP) is 3.11. The summed E-state index contributed by atoms with van der Waals surface area (Å²) in [6.45, 7) is 8.20. The average molecular weight is 285 g/mol. The molecule has 1 aromatic rings. The lowest BCUT2D eigenvalue weighted by Crippen LogP contribution is -2.44. The number of nitrogens with zero attached hydrogens (tertiary/aromatic N) is 2. The van der Waals surface area contributed by atoms with Crippen molar-refractivity contribution in [2.75, 3.05) is 19.6 Å². The molecule has 0 aromatic heterocycles. The summed E-state index contributed by atoms with van der Waals surface area (Å²) in [4.78, 5) is 2.50. The van der Waals surface area contributed by atoms with E-state index in [1.54, 1.807) is 0 Å². The minimum absolute atomic E-state index is 0.401. The highest BCUT2D eigenvalue weighted by atomic mass is 15.1. The lowest BCUT2D eigenvalue weighted by atomic mass is 9.99. The zero-order chi connectivity index (χ0) is 15.1. The maximum absolute atomic E-state index is 9.42. The molecule has 1 N–H and O–H groups in total. The van der Waals surface area contributed by atoms with E-state index in [4.69, 9.17) is 0 Å². The summed E-state index contributed by atoms with van der Waals surface area (Å²) in [5.74, 6) is 0. The Kier molecular flexibility index (Phi) is 5.78. The van der Waals surface area contributed by atoms with Crippen LogP contribution in [0, 0.1) is 11.3 Å². The smallest absolute Gasteiger partial charge is 0.105 e. The summed E-state index contributed by atoms with van der Waals surface area (Å²) in [6, 6.07) is 11.2. The van der Waals surface area contributed by atoms with Crippen LogP contribution in [-0.4, -0.2) is 30.1 Å². The fourth-order valence-corrected chi connectivity index (χ4v) is 2.93. The molecule has 0 saturated carbocycles. The first kappa shape index (κ1) is 16.0. The third kappa shape index (κ3) is 4.56. The number of hydrogen-bond acceptors (Lipinski definition) is 3. The molecular weight excluding hydrogens is 258 g/mol. The second-order valence-corrected chi connectivity index (χ2v) is 6.27. The highest BCUT2D eigenvalue weighted by molar-refractivity contribution is 5.28. The third-order valence-corrected chi connectivity index (χ3v) is 4.37. The maximum Gasteiger partial charge on any atom is 0.105 e. The van der Waals surface area contributed by atoms with Crippen LogP contribution in [0.15, 0.2) is 24.3 Å². The normalized spacial score (nSPS) is 18.3. The van der Waals surface area contributed by atoms with Gasteiger partial charge in [0.25, 0.3) is 0 Å². The second kappa shape index (κ2) is 7.59. The van der Waals surface area contributed by atoms with Crippen LogP contribution in [0.5, 0.6) is 0 Å². The molecule has 1 aliphatic heterocycles. The van der Waals surface area contributed by atoms with Gasteiger partial charge in [-0.15, -0.1) is 0 Å². The Labute approximate surface area is 129 Å². The van der Waals surface area contributed by atoms with E-state index < -0.39 is 5.54 Å². The molecule has 2 rings (SSSR count). The number of benzene rings is 1. The van der Waals surface area contributed by atoms with Gasteiger partial charge >= 0.3 is 0 Å². The van der Waals surface area contributed by atoms with Crippen LogP contribution in [0.1, 0.15) is 44.2 Å². The molecule has 1 heterocycles. The quantitative estimate of drug-likeness (QED) is 0.873. The molecule has 0 saturated heterocycles. The van der Waals surface area contributed by atoms with Gasteiger partial charge in [-0.1, -0.05) is 31.2 Å². The van der Waals surface area contributed by atoms with E-state index in [1.807, 2.05) is 6.92 Å². The largest absolute Gasteiger partial charge is 0.300 e. The maximum atomic E-state index is 9.42. The predicted molar refractivity (Wildman–Crippen MR) is 87.0 cm³/mol. The van der Waals surface area contributed by atoms with E-state index >= 15 is 0 Å². The topological polar surface area (TPSA) is 39.1 Å². The van der Waals surface area contributed by atoms with E-state index in [2.05, 4.69) is 47.5 Å². The number of nitrogens with one attached hydrogen (secondary N) is 1. The summed E-state index contributed by atoms with van der Waals surface area (Å²) in [7, 11) is 0. The average Bonchev–Trinajstić information content (AvgIpc) is 2.73. The SMILES string of the molecule is CCCNC(C)(C#N)CCN1CCCc2ccccc2C1. The van der Waals surface area contributed by atoms with Gasteiger partial charge in [-0.2, -0.15) is 5.26 Å². The van der Waals surface area contributed by atoms with Crippen molar-refractivity contribution in [1.82, 2.24) is 10.2 Å². The molecule has 0 fully saturated rings. The van der Waals surface area contributed by atoms with Crippen molar-refractivity contribution in [1.29, 1.82) is 5.26 Å². The van der Waals surface area contributed by atoms with E-state index in [9.17, 15) is 5.26 Å². The number of nitriles is 1. The monoisotopic (exact) mass is 285 g/mol. The van der Waals surface area contributed by atoms with Crippen LogP contribution in [0.2, 0.25) is 0 Å². The van der Waals surface area contributed by atoms with E-state index in [-0.39, 0.29) is 0 Å². The molecule has 3 nitrogen and oxygen atoms in total. The first-order chi connectivity index (χ1) is 10.2. The van der Waals surface area contributed by atoms with Crippen molar-refractivity contribution in [3.05, 3.63) is 35.4 Å². The van der Waals surface area contributed by atoms with Gasteiger partial charge in [0, 0.05) is 13.1 Å². The Bertz CT molecular complexity index is 491. The fourth-order valence-electron chi connectivity index (χ4n) is 2.93. The third-order valence-electron chi connectivity index (χ3n) is 4.37. The van der Waals surface area contributed by atoms with Crippen LogP contribution < -0.4 is 5.32 Å². The van der Waals surface area contributed by atoms with Crippen LogP contribution in [0.25, 0.3) is 0 Å². The van der Waals surface area contributed by atoms with Crippen molar-refractivity contribution >= 4 is 0 Å². The molecule has 114 valence electrons. The minimum Gasteiger partial charge on any atom is -0.300 e. The van der Waals surface area contributed by atoms with Gasteiger partial charge in [-0.05, 0) is 56.8 Å². The summed E-state index contributed by atoms with van der Waals surface area (Å²) in [6.07, 6.45) is 4.33. The molecule has 21 heavy (non-hydrogen) atoms. The summed E-state index contributed by atoms with van der Waals surface area (Å²) < 4.78 is 0. The van der Waals surface area contributed by atoms with Gasteiger partial charge in [-0.25, -0.2) is 0 Å². The van der Waals surface area contributed by atoms with E-state index in [1.165, 1.54) is 24.0 Å². The minimum atomic E-state index is -0.401. The van der Waals surface area contributed by atoms with Crippen molar-refractivity contribution < 1.29 is 0 Å². The van der Waals surface area contributed by atoms with Gasteiger partial charge in [-0.3, -0.25) is 10.2 Å². The van der Waals surface area contributed by atoms with Crippen molar-refractivity contribution in [3.8, 4) is 6.07 Å². The van der Waals surface area contributed by atoms with E-state index in [0.717, 1.165) is 39.0 Å². The van der Waals surface area contributed by atoms with Gasteiger partial charge in [0.05, 0.1) is 6.07 Å². The summed E-state index contributed by atoms with van der Waals surface area (Å²) in [5, 5.41) is 12.8. The molecule has 0 aliphatic carbocycles. The number of fused-ring (bicyclic) bond motifs is 1. The molecule has 1 unspecified atom stereocenters. The molecule has 0 radical (unpaired) electrons. The molecule has 0 spiro atoms.